The molecule has 0 aliphatic rings. The van der Waals surface area contributed by atoms with Crippen molar-refractivity contribution in [3.8, 4) is 0 Å². The van der Waals surface area contributed by atoms with Gasteiger partial charge in [-0.25, -0.2) is 0 Å². The first-order chi connectivity index (χ1) is 8.56. The minimum absolute atomic E-state index is 0.241. The van der Waals surface area contributed by atoms with Gasteiger partial charge in [-0.05, 0) is 0 Å². The summed E-state index contributed by atoms with van der Waals surface area (Å²) >= 11 is 3.54. The summed E-state index contributed by atoms with van der Waals surface area (Å²) in [5, 5.41) is 1.28. The van der Waals surface area contributed by atoms with Gasteiger partial charge in [0, 0.05) is 0 Å². The molecule has 0 aromatic heterocycles. The van der Waals surface area contributed by atoms with Crippen LogP contribution in [0.25, 0.3) is 0 Å². The van der Waals surface area contributed by atoms with E-state index in [0.29, 0.717) is 0 Å². The molecule has 0 nitrogen and oxygen atoms in total. The van der Waals surface area contributed by atoms with Gasteiger partial charge in [0.05, 0.1) is 0 Å². The summed E-state index contributed by atoms with van der Waals surface area (Å²) in [7, 11) is 0. The monoisotopic (exact) mass is 451 g/mol. The van der Waals surface area contributed by atoms with Crippen LogP contribution in [0.4, 0.5) is 0 Å². The van der Waals surface area contributed by atoms with Gasteiger partial charge in [0.2, 0.25) is 0 Å². The van der Waals surface area contributed by atoms with Gasteiger partial charge < -0.3 is 0 Å². The van der Waals surface area contributed by atoms with Gasteiger partial charge in [-0.15, -0.1) is 0 Å². The topological polar surface area (TPSA) is 0 Å². The standard InChI is InChI=1S/2C6H15P.C2H4Br.Pd/c2*1-4-7(5-2)6-3;1-2-3;/h2*4-6H2,1-3H3;1-2H2;/q;;;-2/p+2. The van der Waals surface area contributed by atoms with E-state index in [4.69, 9.17) is 0 Å². The molecule has 0 bridgehead atoms. The third kappa shape index (κ3) is 4.25. The molecule has 0 aliphatic heterocycles. The van der Waals surface area contributed by atoms with E-state index in [9.17, 15) is 0 Å². The van der Waals surface area contributed by atoms with Crippen molar-refractivity contribution in [2.75, 3.05) is 42.3 Å². The number of alkyl halides is 1. The molecule has 0 fully saturated rings. The Hall–Kier alpha value is 2.00. The predicted molar refractivity (Wildman–Crippen MR) is 98.5 cm³/mol. The molecule has 18 heavy (non-hydrogen) atoms. The van der Waals surface area contributed by atoms with Gasteiger partial charge in [0.1, 0.15) is 0 Å². The Morgan fingerprint density at radius 1 is 0.667 bits per heavy atom. The van der Waals surface area contributed by atoms with Crippen LogP contribution in [0.2, 0.25) is 4.89 Å². The normalized spacial score (nSPS) is 15.6. The average Bonchev–Trinajstić information content (AvgIpc) is 2.44. The van der Waals surface area contributed by atoms with Crippen molar-refractivity contribution in [3.63, 3.8) is 0 Å². The van der Waals surface area contributed by atoms with Crippen molar-refractivity contribution in [3.05, 3.63) is 0 Å². The van der Waals surface area contributed by atoms with E-state index in [2.05, 4.69) is 57.5 Å². The van der Waals surface area contributed by atoms with Crippen LogP contribution in [0.1, 0.15) is 41.5 Å². The van der Waals surface area contributed by atoms with Crippen LogP contribution < -0.4 is 0 Å². The summed E-state index contributed by atoms with van der Waals surface area (Å²) in [5.41, 5.74) is -1.84. The van der Waals surface area contributed by atoms with Crippen LogP contribution in [-0.2, 0) is 15.8 Å². The zero-order valence-corrected chi connectivity index (χ0v) is 18.5. The predicted octanol–water partition coefficient (Wildman–Crippen LogP) is 5.87. The quantitative estimate of drug-likeness (QED) is 0.221. The van der Waals surface area contributed by atoms with Crippen molar-refractivity contribution >= 4 is 26.8 Å². The molecule has 119 valence electrons. The fourth-order valence-electron chi connectivity index (χ4n) is 3.06. The maximum absolute atomic E-state index is 3.78. The maximum atomic E-state index is 3.78. The Morgan fingerprint density at radius 3 is 1.11 bits per heavy atom. The van der Waals surface area contributed by atoms with Gasteiger partial charge in [-0.3, -0.25) is 0 Å². The second-order valence-corrected chi connectivity index (χ2v) is 32.9. The molecule has 0 spiro atoms. The first kappa shape index (κ1) is 20.0. The Kier molecular flexibility index (Phi) is 10.9. The van der Waals surface area contributed by atoms with Crippen molar-refractivity contribution < 1.29 is 15.8 Å². The number of rotatable bonds is 10. The number of hydrogen-bond donors (Lipinski definition) is 0. The van der Waals surface area contributed by atoms with E-state index in [1.165, 1.54) is 5.33 Å². The number of hydrogen-bond acceptors (Lipinski definition) is 0. The molecule has 0 saturated carbocycles. The molecule has 0 atom stereocenters. The molecular formula is C14H36BrP2Pd. The summed E-state index contributed by atoms with van der Waals surface area (Å²) in [4.78, 5) is 1.58. The Balaban J connectivity index is 5.49. The molecule has 0 radical (unpaired) electrons. The fraction of sp³-hybridized carbons (Fsp3) is 1.00. The van der Waals surface area contributed by atoms with E-state index in [1.807, 2.05) is 0 Å². The van der Waals surface area contributed by atoms with Crippen LogP contribution >= 0.6 is 26.8 Å². The second kappa shape index (κ2) is 9.85. The molecule has 0 unspecified atom stereocenters. The molecule has 0 N–H and O–H groups in total. The third-order valence-corrected chi connectivity index (χ3v) is 51.8. The van der Waals surface area contributed by atoms with Gasteiger partial charge in [-0.2, -0.15) is 0 Å². The van der Waals surface area contributed by atoms with E-state index in [-0.39, 0.29) is 15.8 Å². The number of halogens is 1. The fourth-order valence-corrected chi connectivity index (χ4v) is 61.2. The van der Waals surface area contributed by atoms with Gasteiger partial charge in [0.25, 0.3) is 0 Å². The van der Waals surface area contributed by atoms with Crippen molar-refractivity contribution in [1.29, 1.82) is 0 Å². The van der Waals surface area contributed by atoms with E-state index >= 15 is 0 Å². The minimum atomic E-state index is -0.918. The van der Waals surface area contributed by atoms with E-state index < -0.39 is 10.9 Å². The first-order valence-corrected chi connectivity index (χ1v) is 19.4. The summed E-state index contributed by atoms with van der Waals surface area (Å²) in [6, 6.07) is 0. The summed E-state index contributed by atoms with van der Waals surface area (Å²) in [6.07, 6.45) is 9.35. The molecule has 4 heteroatoms. The van der Waals surface area contributed by atoms with Crippen LogP contribution in [0.15, 0.2) is 0 Å². The summed E-state index contributed by atoms with van der Waals surface area (Å²) in [5.74, 6) is 0. The zero-order chi connectivity index (χ0) is 14.2. The van der Waals surface area contributed by atoms with Crippen LogP contribution in [0.3, 0.4) is 0 Å². The van der Waals surface area contributed by atoms with Crippen LogP contribution in [-0.4, -0.2) is 42.3 Å². The van der Waals surface area contributed by atoms with Crippen molar-refractivity contribution in [2.45, 2.75) is 46.4 Å². The Bertz CT molecular complexity index is 179. The van der Waals surface area contributed by atoms with Crippen LogP contribution in [0.5, 0.6) is 0 Å². The van der Waals surface area contributed by atoms with E-state index in [1.54, 1.807) is 41.9 Å². The summed E-state index contributed by atoms with van der Waals surface area (Å²) < 4.78 is 0. The third-order valence-electron chi connectivity index (χ3n) is 4.70. The van der Waals surface area contributed by atoms with Gasteiger partial charge in [-0.1, -0.05) is 0 Å². The molecule has 0 aliphatic carbocycles. The molecule has 0 rings (SSSR count). The molecular weight excluding hydrogens is 416 g/mol. The van der Waals surface area contributed by atoms with E-state index in [0.717, 1.165) is 0 Å². The molecule has 0 aromatic carbocycles. The molecule has 0 heterocycles. The van der Waals surface area contributed by atoms with Crippen molar-refractivity contribution in [1.82, 2.24) is 0 Å². The second-order valence-electron chi connectivity index (χ2n) is 4.94. The van der Waals surface area contributed by atoms with Crippen molar-refractivity contribution in [2.24, 2.45) is 0 Å². The molecule has 0 amide bonds. The van der Waals surface area contributed by atoms with Gasteiger partial charge >= 0.3 is 131 Å². The SMILES string of the molecule is CC[PH](CC)(CC)[Pd]([CH2]CBr)[PH](CC)(CC)CC. The van der Waals surface area contributed by atoms with Gasteiger partial charge in [0.15, 0.2) is 0 Å². The Labute approximate surface area is 131 Å². The average molecular weight is 453 g/mol. The Morgan fingerprint density at radius 2 is 0.944 bits per heavy atom. The first-order valence-electron chi connectivity index (χ1n) is 7.67. The molecule has 0 aromatic rings. The summed E-state index contributed by atoms with van der Waals surface area (Å²) in [6.45, 7) is 15.1. The molecule has 0 saturated heterocycles. The van der Waals surface area contributed by atoms with Crippen LogP contribution in [0, 0.1) is 0 Å². The zero-order valence-electron chi connectivity index (χ0n) is 13.4.